The fraction of sp³-hybridized carbons (Fsp3) is 0.333. The van der Waals surface area contributed by atoms with Gasteiger partial charge in [-0.05, 0) is 31.5 Å². The number of para-hydroxylation sites is 1. The molecule has 2 aromatic carbocycles. The first kappa shape index (κ1) is 22.0. The van der Waals surface area contributed by atoms with Gasteiger partial charge in [0.2, 0.25) is 0 Å². The monoisotopic (exact) mass is 432 g/mol. The van der Waals surface area contributed by atoms with E-state index in [4.69, 9.17) is 13.8 Å². The van der Waals surface area contributed by atoms with Crippen molar-refractivity contribution < 1.29 is 23.1 Å². The molecule has 1 aromatic heterocycles. The van der Waals surface area contributed by atoms with Crippen molar-refractivity contribution in [1.29, 1.82) is 0 Å². The number of carbonyl (C=O) groups excluding carboxylic acids is 1. The van der Waals surface area contributed by atoms with Crippen LogP contribution in [0.1, 0.15) is 20.3 Å². The molecule has 160 valence electrons. The number of esters is 1. The highest BCUT2D eigenvalue weighted by atomic mass is 31.2. The van der Waals surface area contributed by atoms with Gasteiger partial charge in [-0.2, -0.15) is 5.09 Å². The Hall–Kier alpha value is -2.67. The Morgan fingerprint density at radius 1 is 1.17 bits per heavy atom. The third-order valence-corrected chi connectivity index (χ3v) is 6.35. The molecule has 0 saturated heterocycles. The van der Waals surface area contributed by atoms with Gasteiger partial charge in [-0.15, -0.1) is 0 Å². The van der Waals surface area contributed by atoms with Gasteiger partial charge in [-0.25, -0.2) is 4.57 Å². The lowest BCUT2D eigenvalue weighted by atomic mass is 10.1. The van der Waals surface area contributed by atoms with Crippen molar-refractivity contribution in [2.75, 3.05) is 13.7 Å². The van der Waals surface area contributed by atoms with Gasteiger partial charge in [0.1, 0.15) is 11.8 Å². The number of methoxy groups -OCH3 is 1. The molecular formula is C21H25N2O6P. The molecule has 9 heteroatoms. The molecule has 2 unspecified atom stereocenters. The fourth-order valence-electron chi connectivity index (χ4n) is 3.23. The molecule has 3 aromatic rings. The SMILES string of the molecule is CCCOP(=O)(NC(C)C(=O)OC)Oc1cccc2c(=O)n(C)c3ccccc3c12. The summed E-state index contributed by atoms with van der Waals surface area (Å²) in [5.41, 5.74) is 0.514. The second-order valence-electron chi connectivity index (χ2n) is 6.86. The van der Waals surface area contributed by atoms with Gasteiger partial charge >= 0.3 is 13.7 Å². The van der Waals surface area contributed by atoms with Crippen molar-refractivity contribution in [3.05, 3.63) is 52.8 Å². The van der Waals surface area contributed by atoms with Gasteiger partial charge in [0.15, 0.2) is 0 Å². The van der Waals surface area contributed by atoms with Crippen LogP contribution in [0.4, 0.5) is 0 Å². The molecule has 0 aliphatic heterocycles. The van der Waals surface area contributed by atoms with Gasteiger partial charge in [0, 0.05) is 17.8 Å². The van der Waals surface area contributed by atoms with Crippen LogP contribution in [0.25, 0.3) is 21.7 Å². The molecule has 0 saturated carbocycles. The van der Waals surface area contributed by atoms with Crippen LogP contribution in [0.3, 0.4) is 0 Å². The number of hydrogen-bond acceptors (Lipinski definition) is 6. The second-order valence-corrected chi connectivity index (χ2v) is 8.55. The highest BCUT2D eigenvalue weighted by Gasteiger charge is 2.32. The molecular weight excluding hydrogens is 407 g/mol. The van der Waals surface area contributed by atoms with E-state index in [9.17, 15) is 14.2 Å². The van der Waals surface area contributed by atoms with Crippen LogP contribution in [-0.4, -0.2) is 30.3 Å². The van der Waals surface area contributed by atoms with E-state index in [-0.39, 0.29) is 17.9 Å². The van der Waals surface area contributed by atoms with Crippen molar-refractivity contribution in [3.63, 3.8) is 0 Å². The van der Waals surface area contributed by atoms with Gasteiger partial charge < -0.3 is 13.8 Å². The molecule has 0 spiro atoms. The summed E-state index contributed by atoms with van der Waals surface area (Å²) in [6, 6.07) is 11.4. The van der Waals surface area contributed by atoms with E-state index in [0.29, 0.717) is 22.7 Å². The van der Waals surface area contributed by atoms with Crippen molar-refractivity contribution in [2.24, 2.45) is 7.05 Å². The zero-order valence-electron chi connectivity index (χ0n) is 17.4. The topological polar surface area (TPSA) is 95.9 Å². The molecule has 30 heavy (non-hydrogen) atoms. The number of hydrogen-bond donors (Lipinski definition) is 1. The zero-order chi connectivity index (χ0) is 21.9. The third-order valence-electron chi connectivity index (χ3n) is 4.69. The van der Waals surface area contributed by atoms with Crippen LogP contribution >= 0.6 is 7.75 Å². The number of benzene rings is 2. The summed E-state index contributed by atoms with van der Waals surface area (Å²) >= 11 is 0. The Morgan fingerprint density at radius 3 is 2.57 bits per heavy atom. The predicted molar refractivity (Wildman–Crippen MR) is 116 cm³/mol. The standard InChI is InChI=1S/C21H25N2O6P/c1-5-13-28-30(26,22-14(2)21(25)27-4)29-18-12-8-10-16-19(18)15-9-6-7-11-17(15)23(3)20(16)24/h6-12,14H,5,13H2,1-4H3,(H,22,26). The molecule has 0 amide bonds. The normalized spacial score (nSPS) is 14.4. The van der Waals surface area contributed by atoms with Crippen molar-refractivity contribution in [2.45, 2.75) is 26.3 Å². The first-order chi connectivity index (χ1) is 14.3. The fourth-order valence-corrected chi connectivity index (χ4v) is 4.82. The van der Waals surface area contributed by atoms with Crippen LogP contribution in [-0.2, 0) is 25.7 Å². The van der Waals surface area contributed by atoms with Gasteiger partial charge in [0.25, 0.3) is 5.56 Å². The minimum absolute atomic E-state index is 0.158. The highest BCUT2D eigenvalue weighted by molar-refractivity contribution is 7.52. The molecule has 2 atom stereocenters. The molecule has 1 heterocycles. The van der Waals surface area contributed by atoms with Crippen LogP contribution in [0.5, 0.6) is 5.75 Å². The third kappa shape index (κ3) is 4.26. The number of fused-ring (bicyclic) bond motifs is 3. The molecule has 0 aliphatic rings. The lowest BCUT2D eigenvalue weighted by molar-refractivity contribution is -0.142. The first-order valence-electron chi connectivity index (χ1n) is 9.61. The van der Waals surface area contributed by atoms with E-state index >= 15 is 0 Å². The van der Waals surface area contributed by atoms with E-state index in [2.05, 4.69) is 5.09 Å². The van der Waals surface area contributed by atoms with Crippen LogP contribution < -0.4 is 15.2 Å². The van der Waals surface area contributed by atoms with Crippen molar-refractivity contribution >= 4 is 35.4 Å². The van der Waals surface area contributed by atoms with Gasteiger partial charge in [-0.3, -0.25) is 14.1 Å². The van der Waals surface area contributed by atoms with E-state index < -0.39 is 19.8 Å². The maximum atomic E-state index is 13.5. The molecule has 1 N–H and O–H groups in total. The Bertz CT molecular complexity index is 1190. The largest absolute Gasteiger partial charge is 0.468 e. The first-order valence-corrected chi connectivity index (χ1v) is 11.2. The summed E-state index contributed by atoms with van der Waals surface area (Å²) in [7, 11) is -1.01. The second kappa shape index (κ2) is 9.00. The van der Waals surface area contributed by atoms with E-state index in [0.717, 1.165) is 5.39 Å². The number of pyridine rings is 1. The summed E-state index contributed by atoms with van der Waals surface area (Å²) in [4.78, 5) is 24.7. The lowest BCUT2D eigenvalue weighted by Crippen LogP contribution is -2.34. The lowest BCUT2D eigenvalue weighted by Gasteiger charge is -2.23. The van der Waals surface area contributed by atoms with Crippen molar-refractivity contribution in [1.82, 2.24) is 9.65 Å². The maximum absolute atomic E-state index is 13.5. The number of aromatic nitrogens is 1. The molecule has 0 fully saturated rings. The summed E-state index contributed by atoms with van der Waals surface area (Å²) < 4.78 is 31.1. The number of ether oxygens (including phenoxy) is 1. The van der Waals surface area contributed by atoms with Gasteiger partial charge in [-0.1, -0.05) is 31.2 Å². The molecule has 3 rings (SSSR count). The summed E-state index contributed by atoms with van der Waals surface area (Å²) in [5.74, 6) is -0.374. The summed E-state index contributed by atoms with van der Waals surface area (Å²) in [6.07, 6.45) is 0.598. The predicted octanol–water partition coefficient (Wildman–Crippen LogP) is 3.76. The molecule has 0 radical (unpaired) electrons. The quantitative estimate of drug-likeness (QED) is 0.329. The average Bonchev–Trinajstić information content (AvgIpc) is 2.75. The zero-order valence-corrected chi connectivity index (χ0v) is 18.3. The Morgan fingerprint density at radius 2 is 1.87 bits per heavy atom. The summed E-state index contributed by atoms with van der Waals surface area (Å²) in [5, 5.41) is 4.35. The van der Waals surface area contributed by atoms with Gasteiger partial charge in [0.05, 0.1) is 24.6 Å². The molecule has 0 aliphatic carbocycles. The molecule has 8 nitrogen and oxygen atoms in total. The smallest absolute Gasteiger partial charge is 0.459 e. The average molecular weight is 432 g/mol. The number of carbonyl (C=O) groups is 1. The molecule has 0 bridgehead atoms. The van der Waals surface area contributed by atoms with E-state index in [1.54, 1.807) is 29.8 Å². The maximum Gasteiger partial charge on any atom is 0.459 e. The number of nitrogens with zero attached hydrogens (tertiary/aromatic N) is 1. The number of rotatable bonds is 8. The minimum atomic E-state index is -3.95. The van der Waals surface area contributed by atoms with Crippen LogP contribution in [0.2, 0.25) is 0 Å². The summed E-state index contributed by atoms with van der Waals surface area (Å²) in [6.45, 7) is 3.53. The van der Waals surface area contributed by atoms with E-state index in [1.807, 2.05) is 31.2 Å². The van der Waals surface area contributed by atoms with Crippen molar-refractivity contribution in [3.8, 4) is 5.75 Å². The Kier molecular flexibility index (Phi) is 6.61. The number of nitrogens with one attached hydrogen (secondary N) is 1. The Balaban J connectivity index is 2.16. The van der Waals surface area contributed by atoms with E-state index in [1.165, 1.54) is 14.0 Å². The Labute approximate surface area is 174 Å². The number of aryl methyl sites for hydroxylation is 1. The highest BCUT2D eigenvalue weighted by Crippen LogP contribution is 2.47. The van der Waals surface area contributed by atoms with Crippen LogP contribution in [0.15, 0.2) is 47.3 Å². The minimum Gasteiger partial charge on any atom is -0.468 e. The van der Waals surface area contributed by atoms with Crippen LogP contribution in [0, 0.1) is 0 Å².